The van der Waals surface area contributed by atoms with E-state index in [1.807, 2.05) is 44.3 Å². The lowest BCUT2D eigenvalue weighted by Crippen LogP contribution is -2.36. The van der Waals surface area contributed by atoms with Crippen LogP contribution in [-0.4, -0.2) is 41.9 Å². The molecular weight excluding hydrogens is 512 g/mol. The molecule has 0 amide bonds. The highest BCUT2D eigenvalue weighted by molar-refractivity contribution is 9.10. The lowest BCUT2D eigenvalue weighted by Gasteiger charge is -2.26. The molecular formula is C24H30BrClN2O3S. The van der Waals surface area contributed by atoms with Gasteiger partial charge in [-0.05, 0) is 60.2 Å². The number of aryl methyl sites for hydroxylation is 1. The number of nitrogens with zero attached hydrogens (tertiary/aromatic N) is 2. The third kappa shape index (κ3) is 5.63. The van der Waals surface area contributed by atoms with E-state index in [0.717, 1.165) is 39.1 Å². The second-order valence-corrected chi connectivity index (χ2v) is 9.12. The van der Waals surface area contributed by atoms with Crippen molar-refractivity contribution in [2.75, 3.05) is 20.2 Å². The van der Waals surface area contributed by atoms with Crippen LogP contribution < -0.4 is 4.74 Å². The monoisotopic (exact) mass is 540 g/mol. The van der Waals surface area contributed by atoms with Crippen LogP contribution in [0.1, 0.15) is 36.8 Å². The number of carbonyl (C=O) groups excluding carboxylic acids is 1. The standard InChI is InChI=1S/C24H29BrN2O3S.ClH/c1-6-27(7-2)16(3)30-24(28)23-18-13-22(29-5)19(25)14-20(18)26(4)21(23)15-31-17-11-9-8-10-12-17;/h8-14,16H,6-7,15H2,1-5H3;1H. The summed E-state index contributed by atoms with van der Waals surface area (Å²) in [5.74, 6) is 1.03. The maximum atomic E-state index is 13.4. The number of ether oxygens (including phenoxy) is 2. The van der Waals surface area contributed by atoms with Crippen LogP contribution in [-0.2, 0) is 17.5 Å². The first kappa shape index (κ1) is 26.6. The lowest BCUT2D eigenvalue weighted by molar-refractivity contribution is -0.0196. The molecule has 0 N–H and O–H groups in total. The fourth-order valence-electron chi connectivity index (χ4n) is 3.74. The van der Waals surface area contributed by atoms with Gasteiger partial charge >= 0.3 is 5.97 Å². The Morgan fingerprint density at radius 1 is 1.19 bits per heavy atom. The van der Waals surface area contributed by atoms with Crippen molar-refractivity contribution in [2.45, 2.75) is 37.6 Å². The Morgan fingerprint density at radius 2 is 1.84 bits per heavy atom. The molecule has 1 unspecified atom stereocenters. The lowest BCUT2D eigenvalue weighted by atomic mass is 10.1. The van der Waals surface area contributed by atoms with Crippen LogP contribution in [0.4, 0.5) is 0 Å². The number of rotatable bonds is 9. The molecule has 2 aromatic carbocycles. The third-order valence-electron chi connectivity index (χ3n) is 5.52. The number of methoxy groups -OCH3 is 1. The predicted octanol–water partition coefficient (Wildman–Crippen LogP) is 6.51. The summed E-state index contributed by atoms with van der Waals surface area (Å²) in [6.07, 6.45) is -0.301. The Labute approximate surface area is 209 Å². The number of hydrogen-bond donors (Lipinski definition) is 0. The van der Waals surface area contributed by atoms with Gasteiger partial charge in [0.25, 0.3) is 0 Å². The Hall–Kier alpha value is -1.67. The molecule has 0 aliphatic carbocycles. The van der Waals surface area contributed by atoms with Gasteiger partial charge in [0.15, 0.2) is 6.23 Å². The van der Waals surface area contributed by atoms with Crippen LogP contribution in [0, 0.1) is 0 Å². The molecule has 5 nitrogen and oxygen atoms in total. The minimum Gasteiger partial charge on any atom is -0.496 e. The van der Waals surface area contributed by atoms with Crippen LogP contribution in [0.15, 0.2) is 51.8 Å². The first-order valence-electron chi connectivity index (χ1n) is 10.4. The number of carbonyl (C=O) groups is 1. The average molecular weight is 542 g/mol. The molecule has 0 spiro atoms. The summed E-state index contributed by atoms with van der Waals surface area (Å²) < 4.78 is 14.3. The highest BCUT2D eigenvalue weighted by Gasteiger charge is 2.26. The SMILES string of the molecule is CCN(CC)C(C)OC(=O)c1c(CSc2ccccc2)n(C)c2cc(Br)c(OC)cc12.Cl. The van der Waals surface area contributed by atoms with Crippen LogP contribution in [0.5, 0.6) is 5.75 Å². The van der Waals surface area contributed by atoms with E-state index in [0.29, 0.717) is 17.1 Å². The fraction of sp³-hybridized carbons (Fsp3) is 0.375. The van der Waals surface area contributed by atoms with Gasteiger partial charge in [-0.1, -0.05) is 32.0 Å². The number of benzene rings is 2. The summed E-state index contributed by atoms with van der Waals surface area (Å²) >= 11 is 5.27. The van der Waals surface area contributed by atoms with Crippen molar-refractivity contribution < 1.29 is 14.3 Å². The summed E-state index contributed by atoms with van der Waals surface area (Å²) in [7, 11) is 3.62. The molecule has 0 saturated carbocycles. The van der Waals surface area contributed by atoms with Crippen LogP contribution in [0.25, 0.3) is 10.9 Å². The molecule has 174 valence electrons. The minimum atomic E-state index is -0.307. The van der Waals surface area contributed by atoms with E-state index in [9.17, 15) is 4.79 Å². The molecule has 0 aliphatic heterocycles. The van der Waals surface area contributed by atoms with E-state index in [1.165, 1.54) is 0 Å². The molecule has 1 aromatic heterocycles. The van der Waals surface area contributed by atoms with E-state index < -0.39 is 0 Å². The van der Waals surface area contributed by atoms with Gasteiger partial charge in [-0.3, -0.25) is 4.90 Å². The summed E-state index contributed by atoms with van der Waals surface area (Å²) in [4.78, 5) is 16.7. The number of hydrogen-bond acceptors (Lipinski definition) is 5. The third-order valence-corrected chi connectivity index (χ3v) is 7.16. The van der Waals surface area contributed by atoms with Crippen molar-refractivity contribution in [2.24, 2.45) is 7.05 Å². The molecule has 0 saturated heterocycles. The number of aromatic nitrogens is 1. The zero-order chi connectivity index (χ0) is 22.5. The topological polar surface area (TPSA) is 43.7 Å². The van der Waals surface area contributed by atoms with Gasteiger partial charge in [0.2, 0.25) is 0 Å². The number of thioether (sulfide) groups is 1. The average Bonchev–Trinajstić information content (AvgIpc) is 3.04. The molecule has 0 radical (unpaired) electrons. The number of fused-ring (bicyclic) bond motifs is 1. The molecule has 8 heteroatoms. The maximum Gasteiger partial charge on any atom is 0.342 e. The Balaban J connectivity index is 0.00000363. The molecule has 0 bridgehead atoms. The first-order chi connectivity index (χ1) is 14.9. The Morgan fingerprint density at radius 3 is 2.44 bits per heavy atom. The molecule has 0 aliphatic rings. The fourth-order valence-corrected chi connectivity index (χ4v) is 5.22. The zero-order valence-corrected chi connectivity index (χ0v) is 22.3. The predicted molar refractivity (Wildman–Crippen MR) is 138 cm³/mol. The van der Waals surface area contributed by atoms with Gasteiger partial charge < -0.3 is 14.0 Å². The van der Waals surface area contributed by atoms with E-state index in [1.54, 1.807) is 18.9 Å². The normalized spacial score (nSPS) is 12.0. The van der Waals surface area contributed by atoms with E-state index >= 15 is 0 Å². The second kappa shape index (κ2) is 12.0. The van der Waals surface area contributed by atoms with Crippen LogP contribution >= 0.6 is 40.1 Å². The van der Waals surface area contributed by atoms with Crippen molar-refractivity contribution in [3.8, 4) is 5.75 Å². The molecule has 1 heterocycles. The largest absolute Gasteiger partial charge is 0.496 e. The van der Waals surface area contributed by atoms with Crippen molar-refractivity contribution in [1.82, 2.24) is 9.47 Å². The molecule has 0 fully saturated rings. The van der Waals surface area contributed by atoms with Gasteiger partial charge in [0.05, 0.1) is 22.7 Å². The first-order valence-corrected chi connectivity index (χ1v) is 12.2. The quantitative estimate of drug-likeness (QED) is 0.176. The molecule has 1 atom stereocenters. The summed E-state index contributed by atoms with van der Waals surface area (Å²) in [5, 5.41) is 0.836. The smallest absolute Gasteiger partial charge is 0.342 e. The maximum absolute atomic E-state index is 13.4. The Kier molecular flexibility index (Phi) is 9.95. The minimum absolute atomic E-state index is 0. The second-order valence-electron chi connectivity index (χ2n) is 7.21. The van der Waals surface area contributed by atoms with Gasteiger partial charge in [-0.15, -0.1) is 24.2 Å². The van der Waals surface area contributed by atoms with Gasteiger partial charge in [0, 0.05) is 28.8 Å². The van der Waals surface area contributed by atoms with Crippen molar-refractivity contribution in [3.63, 3.8) is 0 Å². The van der Waals surface area contributed by atoms with Gasteiger partial charge in [0.1, 0.15) is 5.75 Å². The van der Waals surface area contributed by atoms with Crippen molar-refractivity contribution in [1.29, 1.82) is 0 Å². The summed E-state index contributed by atoms with van der Waals surface area (Å²) in [6.45, 7) is 7.69. The van der Waals surface area contributed by atoms with Crippen LogP contribution in [0.3, 0.4) is 0 Å². The summed E-state index contributed by atoms with van der Waals surface area (Å²) in [5.41, 5.74) is 2.49. The van der Waals surface area contributed by atoms with E-state index in [2.05, 4.69) is 51.4 Å². The van der Waals surface area contributed by atoms with Gasteiger partial charge in [-0.2, -0.15) is 0 Å². The zero-order valence-electron chi connectivity index (χ0n) is 19.1. The van der Waals surface area contributed by atoms with Crippen molar-refractivity contribution in [3.05, 3.63) is 58.2 Å². The highest BCUT2D eigenvalue weighted by Crippen LogP contribution is 2.37. The summed E-state index contributed by atoms with van der Waals surface area (Å²) in [6, 6.07) is 14.1. The molecule has 32 heavy (non-hydrogen) atoms. The number of halogens is 2. The van der Waals surface area contributed by atoms with E-state index in [-0.39, 0.29) is 24.6 Å². The van der Waals surface area contributed by atoms with Gasteiger partial charge in [-0.25, -0.2) is 4.79 Å². The van der Waals surface area contributed by atoms with Crippen molar-refractivity contribution >= 4 is 57.0 Å². The van der Waals surface area contributed by atoms with Crippen LogP contribution in [0.2, 0.25) is 0 Å². The molecule has 3 rings (SSSR count). The van der Waals surface area contributed by atoms with E-state index in [4.69, 9.17) is 9.47 Å². The highest BCUT2D eigenvalue weighted by atomic mass is 79.9. The number of esters is 1. The molecule has 3 aromatic rings. The Bertz CT molecular complexity index is 1050.